The van der Waals surface area contributed by atoms with Crippen LogP contribution in [0.25, 0.3) is 21.6 Å². The number of aromatic nitrogens is 2. The second-order valence-corrected chi connectivity index (χ2v) is 4.81. The number of thiophene rings is 1. The van der Waals surface area contributed by atoms with Gasteiger partial charge >= 0.3 is 0 Å². The first-order chi connectivity index (χ1) is 8.25. The maximum Gasteiger partial charge on any atom is 0.259 e. The molecule has 1 aromatic carbocycles. The molecule has 2 heterocycles. The number of benzene rings is 1. The Hall–Kier alpha value is -1.94. The summed E-state index contributed by atoms with van der Waals surface area (Å²) in [6.45, 7) is 1.97. The normalized spacial score (nSPS) is 10.9. The molecule has 84 valence electrons. The van der Waals surface area contributed by atoms with E-state index in [-0.39, 0.29) is 5.56 Å². The molecular formula is C13H10N2OS. The highest BCUT2D eigenvalue weighted by molar-refractivity contribution is 7.13. The van der Waals surface area contributed by atoms with E-state index in [1.165, 1.54) is 0 Å². The van der Waals surface area contributed by atoms with E-state index in [1.807, 2.05) is 36.6 Å². The standard InChI is InChI=1S/C13H10N2OS/c1-8-4-2-5-9-11(8)14-12(15-13(9)16)10-6-3-7-17-10/h2-7H,1H3,(H,14,15,16). The van der Waals surface area contributed by atoms with Gasteiger partial charge in [-0.2, -0.15) is 0 Å². The zero-order valence-electron chi connectivity index (χ0n) is 9.23. The van der Waals surface area contributed by atoms with Crippen LogP contribution < -0.4 is 5.56 Å². The number of hydrogen-bond acceptors (Lipinski definition) is 3. The third kappa shape index (κ3) is 1.66. The molecule has 0 atom stereocenters. The zero-order chi connectivity index (χ0) is 11.8. The fourth-order valence-electron chi connectivity index (χ4n) is 1.84. The number of para-hydroxylation sites is 1. The number of fused-ring (bicyclic) bond motifs is 1. The Morgan fingerprint density at radius 3 is 2.88 bits per heavy atom. The lowest BCUT2D eigenvalue weighted by Crippen LogP contribution is -2.09. The van der Waals surface area contributed by atoms with Gasteiger partial charge in [0, 0.05) is 0 Å². The highest BCUT2D eigenvalue weighted by Crippen LogP contribution is 2.22. The Morgan fingerprint density at radius 1 is 1.24 bits per heavy atom. The first kappa shape index (κ1) is 10.2. The van der Waals surface area contributed by atoms with E-state index in [1.54, 1.807) is 17.4 Å². The van der Waals surface area contributed by atoms with E-state index in [2.05, 4.69) is 9.97 Å². The number of nitrogens with zero attached hydrogens (tertiary/aromatic N) is 1. The van der Waals surface area contributed by atoms with Crippen molar-refractivity contribution in [2.24, 2.45) is 0 Å². The number of H-pyrrole nitrogens is 1. The molecule has 0 aliphatic carbocycles. The van der Waals surface area contributed by atoms with Crippen molar-refractivity contribution < 1.29 is 0 Å². The van der Waals surface area contributed by atoms with Gasteiger partial charge in [-0.15, -0.1) is 11.3 Å². The van der Waals surface area contributed by atoms with Gasteiger partial charge in [-0.3, -0.25) is 4.79 Å². The van der Waals surface area contributed by atoms with Crippen LogP contribution in [0.1, 0.15) is 5.56 Å². The summed E-state index contributed by atoms with van der Waals surface area (Å²) in [5.74, 6) is 0.645. The van der Waals surface area contributed by atoms with Crippen LogP contribution in [0, 0.1) is 6.92 Å². The van der Waals surface area contributed by atoms with Crippen LogP contribution in [0.15, 0.2) is 40.5 Å². The summed E-state index contributed by atoms with van der Waals surface area (Å²) < 4.78 is 0. The predicted molar refractivity (Wildman–Crippen MR) is 70.4 cm³/mol. The van der Waals surface area contributed by atoms with E-state index in [0.717, 1.165) is 16.0 Å². The van der Waals surface area contributed by atoms with Crippen LogP contribution in [0.2, 0.25) is 0 Å². The second kappa shape index (κ2) is 3.82. The first-order valence-corrected chi connectivity index (χ1v) is 6.17. The number of hydrogen-bond donors (Lipinski definition) is 1. The molecule has 0 unspecified atom stereocenters. The first-order valence-electron chi connectivity index (χ1n) is 5.29. The monoisotopic (exact) mass is 242 g/mol. The van der Waals surface area contributed by atoms with Crippen molar-refractivity contribution in [2.75, 3.05) is 0 Å². The number of rotatable bonds is 1. The van der Waals surface area contributed by atoms with Crippen LogP contribution in [-0.4, -0.2) is 9.97 Å². The molecule has 17 heavy (non-hydrogen) atoms. The van der Waals surface area contributed by atoms with Gasteiger partial charge in [0.25, 0.3) is 5.56 Å². The third-order valence-corrected chi connectivity index (χ3v) is 3.57. The van der Waals surface area contributed by atoms with Crippen LogP contribution in [0.3, 0.4) is 0 Å². The van der Waals surface area contributed by atoms with Gasteiger partial charge in [0.05, 0.1) is 15.8 Å². The Bertz CT molecular complexity index is 729. The molecule has 0 amide bonds. The highest BCUT2D eigenvalue weighted by Gasteiger charge is 2.07. The van der Waals surface area contributed by atoms with Gasteiger partial charge in [0.1, 0.15) is 0 Å². The molecule has 2 aromatic heterocycles. The molecule has 0 spiro atoms. The molecule has 3 nitrogen and oxygen atoms in total. The van der Waals surface area contributed by atoms with Crippen molar-refractivity contribution in [3.05, 3.63) is 51.6 Å². The lowest BCUT2D eigenvalue weighted by atomic mass is 10.1. The lowest BCUT2D eigenvalue weighted by molar-refractivity contribution is 1.18. The van der Waals surface area contributed by atoms with Gasteiger partial charge in [-0.05, 0) is 30.0 Å². The molecule has 0 fully saturated rings. The fourth-order valence-corrected chi connectivity index (χ4v) is 2.50. The van der Waals surface area contributed by atoms with E-state index < -0.39 is 0 Å². The number of aromatic amines is 1. The predicted octanol–water partition coefficient (Wildman–Crippen LogP) is 2.96. The minimum absolute atomic E-state index is 0.0814. The van der Waals surface area contributed by atoms with Crippen molar-refractivity contribution in [1.82, 2.24) is 9.97 Å². The molecule has 0 saturated carbocycles. The summed E-state index contributed by atoms with van der Waals surface area (Å²) in [5, 5.41) is 2.61. The van der Waals surface area contributed by atoms with E-state index >= 15 is 0 Å². The van der Waals surface area contributed by atoms with Gasteiger partial charge in [-0.1, -0.05) is 18.2 Å². The summed E-state index contributed by atoms with van der Waals surface area (Å²) in [4.78, 5) is 20.3. The summed E-state index contributed by atoms with van der Waals surface area (Å²) in [7, 11) is 0. The zero-order valence-corrected chi connectivity index (χ0v) is 10.0. The molecule has 4 heteroatoms. The Balaban J connectivity index is 2.38. The van der Waals surface area contributed by atoms with E-state index in [9.17, 15) is 4.79 Å². The average molecular weight is 242 g/mol. The van der Waals surface area contributed by atoms with Crippen LogP contribution in [0.4, 0.5) is 0 Å². The van der Waals surface area contributed by atoms with E-state index in [4.69, 9.17) is 0 Å². The summed E-state index contributed by atoms with van der Waals surface area (Å²) in [6, 6.07) is 9.54. The van der Waals surface area contributed by atoms with Crippen LogP contribution >= 0.6 is 11.3 Å². The molecule has 0 saturated heterocycles. The largest absolute Gasteiger partial charge is 0.305 e. The molecule has 1 N–H and O–H groups in total. The maximum atomic E-state index is 12.0. The van der Waals surface area contributed by atoms with E-state index in [0.29, 0.717) is 11.2 Å². The van der Waals surface area contributed by atoms with Crippen molar-refractivity contribution >= 4 is 22.2 Å². The van der Waals surface area contributed by atoms with Crippen LogP contribution in [0.5, 0.6) is 0 Å². The molecule has 3 rings (SSSR count). The van der Waals surface area contributed by atoms with Crippen molar-refractivity contribution in [1.29, 1.82) is 0 Å². The smallest absolute Gasteiger partial charge is 0.259 e. The van der Waals surface area contributed by atoms with Crippen molar-refractivity contribution in [3.8, 4) is 10.7 Å². The SMILES string of the molecule is Cc1cccc2c(=O)[nH]c(-c3cccs3)nc12. The molecular weight excluding hydrogens is 232 g/mol. The lowest BCUT2D eigenvalue weighted by Gasteiger charge is -2.03. The average Bonchev–Trinajstić information content (AvgIpc) is 2.84. The van der Waals surface area contributed by atoms with Crippen molar-refractivity contribution in [3.63, 3.8) is 0 Å². The second-order valence-electron chi connectivity index (χ2n) is 3.86. The summed E-state index contributed by atoms with van der Waals surface area (Å²) in [5.41, 5.74) is 1.72. The molecule has 0 radical (unpaired) electrons. The highest BCUT2D eigenvalue weighted by atomic mass is 32.1. The maximum absolute atomic E-state index is 12.0. The fraction of sp³-hybridized carbons (Fsp3) is 0.0769. The van der Waals surface area contributed by atoms with Crippen molar-refractivity contribution in [2.45, 2.75) is 6.92 Å². The minimum atomic E-state index is -0.0814. The number of nitrogens with one attached hydrogen (secondary N) is 1. The van der Waals surface area contributed by atoms with Gasteiger partial charge in [-0.25, -0.2) is 4.98 Å². The van der Waals surface area contributed by atoms with Gasteiger partial charge in [0.2, 0.25) is 0 Å². The Morgan fingerprint density at radius 2 is 2.12 bits per heavy atom. The quantitative estimate of drug-likeness (QED) is 0.713. The Kier molecular flexibility index (Phi) is 2.30. The van der Waals surface area contributed by atoms with Gasteiger partial charge in [0.15, 0.2) is 5.82 Å². The topological polar surface area (TPSA) is 45.8 Å². The van der Waals surface area contributed by atoms with Gasteiger partial charge < -0.3 is 4.98 Å². The molecule has 0 aliphatic heterocycles. The number of aryl methyl sites for hydroxylation is 1. The summed E-state index contributed by atoms with van der Waals surface area (Å²) >= 11 is 1.57. The van der Waals surface area contributed by atoms with Crippen LogP contribution in [-0.2, 0) is 0 Å². The third-order valence-electron chi connectivity index (χ3n) is 2.69. The molecule has 0 aliphatic rings. The molecule has 3 aromatic rings. The minimum Gasteiger partial charge on any atom is -0.305 e. The summed E-state index contributed by atoms with van der Waals surface area (Å²) in [6.07, 6.45) is 0. The molecule has 0 bridgehead atoms. The Labute approximate surface area is 102 Å².